The number of aromatic nitrogens is 3. The standard InChI is InChI=1S/C9H9N5O3S/c10-9-12-4(3-18-9)1-6(15)13-7-5(8(16)17)2-11-14-7/h2-3H,1H2,(H2,10,12)(H,16,17)(H2,11,13,14,15). The number of nitrogens with two attached hydrogens (primary N) is 1. The van der Waals surface area contributed by atoms with Gasteiger partial charge in [-0.2, -0.15) is 5.10 Å². The third-order valence-corrected chi connectivity index (χ3v) is 2.77. The van der Waals surface area contributed by atoms with Gasteiger partial charge in [-0.05, 0) is 0 Å². The molecule has 1 amide bonds. The number of hydrogen-bond donors (Lipinski definition) is 4. The van der Waals surface area contributed by atoms with Crippen molar-refractivity contribution in [2.75, 3.05) is 11.1 Å². The maximum Gasteiger partial charge on any atom is 0.341 e. The van der Waals surface area contributed by atoms with Gasteiger partial charge in [-0.25, -0.2) is 9.78 Å². The summed E-state index contributed by atoms with van der Waals surface area (Å²) in [7, 11) is 0. The van der Waals surface area contributed by atoms with E-state index in [4.69, 9.17) is 10.8 Å². The number of amides is 1. The van der Waals surface area contributed by atoms with Gasteiger partial charge in [0.25, 0.3) is 0 Å². The van der Waals surface area contributed by atoms with Crippen molar-refractivity contribution in [3.63, 3.8) is 0 Å². The summed E-state index contributed by atoms with van der Waals surface area (Å²) >= 11 is 1.23. The number of carboxylic acids is 1. The number of nitrogens with zero attached hydrogens (tertiary/aromatic N) is 2. The third-order valence-electron chi connectivity index (χ3n) is 2.05. The molecule has 94 valence electrons. The van der Waals surface area contributed by atoms with Crippen LogP contribution >= 0.6 is 11.3 Å². The maximum atomic E-state index is 11.6. The maximum absolute atomic E-state index is 11.6. The molecule has 0 saturated carbocycles. The second-order valence-electron chi connectivity index (χ2n) is 3.37. The summed E-state index contributed by atoms with van der Waals surface area (Å²) in [5, 5.41) is 19.2. The first-order chi connectivity index (χ1) is 8.56. The molecular weight excluding hydrogens is 258 g/mol. The lowest BCUT2D eigenvalue weighted by molar-refractivity contribution is -0.115. The van der Waals surface area contributed by atoms with E-state index in [0.717, 1.165) is 6.20 Å². The van der Waals surface area contributed by atoms with Crippen molar-refractivity contribution in [1.82, 2.24) is 15.2 Å². The predicted octanol–water partition coefficient (Wildman–Crippen LogP) is 0.328. The monoisotopic (exact) mass is 267 g/mol. The van der Waals surface area contributed by atoms with Crippen LogP contribution in [0.15, 0.2) is 11.6 Å². The Morgan fingerprint density at radius 1 is 1.56 bits per heavy atom. The number of anilines is 2. The second kappa shape index (κ2) is 4.84. The fourth-order valence-corrected chi connectivity index (χ4v) is 1.86. The number of rotatable bonds is 4. The fraction of sp³-hybridized carbons (Fsp3) is 0.111. The molecule has 2 aromatic rings. The molecular formula is C9H9N5O3S. The van der Waals surface area contributed by atoms with E-state index in [1.807, 2.05) is 0 Å². The minimum absolute atomic E-state index is 0.0196. The molecule has 0 aliphatic carbocycles. The van der Waals surface area contributed by atoms with Crippen molar-refractivity contribution in [3.8, 4) is 0 Å². The molecule has 2 aromatic heterocycles. The molecule has 0 bridgehead atoms. The lowest BCUT2D eigenvalue weighted by atomic mass is 10.3. The van der Waals surface area contributed by atoms with E-state index in [1.54, 1.807) is 5.38 Å². The number of carboxylic acid groups (broad SMARTS) is 1. The first kappa shape index (κ1) is 12.0. The van der Waals surface area contributed by atoms with Gasteiger partial charge in [0.05, 0.1) is 18.3 Å². The first-order valence-electron chi connectivity index (χ1n) is 4.82. The molecule has 18 heavy (non-hydrogen) atoms. The minimum Gasteiger partial charge on any atom is -0.477 e. The smallest absolute Gasteiger partial charge is 0.341 e. The Hall–Kier alpha value is -2.42. The average Bonchev–Trinajstić information content (AvgIpc) is 2.87. The lowest BCUT2D eigenvalue weighted by Gasteiger charge is -2.01. The summed E-state index contributed by atoms with van der Waals surface area (Å²) in [5.41, 5.74) is 5.87. The van der Waals surface area contributed by atoms with Crippen molar-refractivity contribution >= 4 is 34.2 Å². The molecule has 9 heteroatoms. The highest BCUT2D eigenvalue weighted by molar-refractivity contribution is 7.13. The van der Waals surface area contributed by atoms with Gasteiger partial charge < -0.3 is 16.2 Å². The highest BCUT2D eigenvalue weighted by Crippen LogP contribution is 2.14. The molecule has 0 aliphatic rings. The second-order valence-corrected chi connectivity index (χ2v) is 4.26. The van der Waals surface area contributed by atoms with Crippen LogP contribution in [0.5, 0.6) is 0 Å². The number of nitrogen functional groups attached to an aromatic ring is 1. The van der Waals surface area contributed by atoms with Gasteiger partial charge in [-0.1, -0.05) is 0 Å². The summed E-state index contributed by atoms with van der Waals surface area (Å²) < 4.78 is 0. The molecule has 0 radical (unpaired) electrons. The van der Waals surface area contributed by atoms with Crippen LogP contribution < -0.4 is 11.1 Å². The van der Waals surface area contributed by atoms with Crippen molar-refractivity contribution in [3.05, 3.63) is 22.8 Å². The molecule has 0 saturated heterocycles. The summed E-state index contributed by atoms with van der Waals surface area (Å²) in [6.45, 7) is 0. The molecule has 5 N–H and O–H groups in total. The Bertz CT molecular complexity index is 591. The van der Waals surface area contributed by atoms with Crippen molar-refractivity contribution in [2.24, 2.45) is 0 Å². The zero-order valence-corrected chi connectivity index (χ0v) is 9.82. The van der Waals surface area contributed by atoms with Crippen LogP contribution in [0.2, 0.25) is 0 Å². The molecule has 0 aliphatic heterocycles. The van der Waals surface area contributed by atoms with Crippen molar-refractivity contribution in [2.45, 2.75) is 6.42 Å². The van der Waals surface area contributed by atoms with E-state index in [2.05, 4.69) is 20.5 Å². The number of thiazole rings is 1. The van der Waals surface area contributed by atoms with Crippen LogP contribution in [0, 0.1) is 0 Å². The zero-order chi connectivity index (χ0) is 13.1. The highest BCUT2D eigenvalue weighted by atomic mass is 32.1. The van der Waals surface area contributed by atoms with Crippen LogP contribution in [0.4, 0.5) is 10.9 Å². The van der Waals surface area contributed by atoms with Gasteiger partial charge >= 0.3 is 5.97 Å². The Morgan fingerprint density at radius 2 is 2.33 bits per heavy atom. The summed E-state index contributed by atoms with van der Waals surface area (Å²) in [4.78, 5) is 26.4. The molecule has 0 atom stereocenters. The van der Waals surface area contributed by atoms with Crippen molar-refractivity contribution < 1.29 is 14.7 Å². The van der Waals surface area contributed by atoms with Gasteiger partial charge in [-0.3, -0.25) is 9.89 Å². The van der Waals surface area contributed by atoms with Crippen LogP contribution in [-0.4, -0.2) is 32.2 Å². The van der Waals surface area contributed by atoms with Crippen LogP contribution in [0.3, 0.4) is 0 Å². The van der Waals surface area contributed by atoms with Gasteiger partial charge in [-0.15, -0.1) is 11.3 Å². The molecule has 0 aromatic carbocycles. The molecule has 8 nitrogen and oxygen atoms in total. The summed E-state index contributed by atoms with van der Waals surface area (Å²) in [6, 6.07) is 0. The highest BCUT2D eigenvalue weighted by Gasteiger charge is 2.15. The van der Waals surface area contributed by atoms with Crippen molar-refractivity contribution in [1.29, 1.82) is 0 Å². The number of nitrogens with one attached hydrogen (secondary N) is 2. The number of carbonyl (C=O) groups is 2. The number of carbonyl (C=O) groups excluding carboxylic acids is 1. The van der Waals surface area contributed by atoms with E-state index >= 15 is 0 Å². The van der Waals surface area contributed by atoms with Gasteiger partial charge in [0.2, 0.25) is 5.91 Å². The Balaban J connectivity index is 2.03. The van der Waals surface area contributed by atoms with E-state index in [0.29, 0.717) is 10.8 Å². The Kier molecular flexibility index (Phi) is 3.24. The number of H-pyrrole nitrogens is 1. The number of aromatic carboxylic acids is 1. The SMILES string of the molecule is Nc1nc(CC(=O)Nc2[nH]ncc2C(=O)O)cs1. The zero-order valence-electron chi connectivity index (χ0n) is 9.01. The van der Waals surface area contributed by atoms with Crippen LogP contribution in [-0.2, 0) is 11.2 Å². The number of hydrogen-bond acceptors (Lipinski definition) is 6. The Morgan fingerprint density at radius 3 is 2.94 bits per heavy atom. The minimum atomic E-state index is -1.17. The normalized spacial score (nSPS) is 10.2. The van der Waals surface area contributed by atoms with Crippen LogP contribution in [0.1, 0.15) is 16.1 Å². The molecule has 0 fully saturated rings. The molecule has 2 heterocycles. The average molecular weight is 267 g/mol. The lowest BCUT2D eigenvalue weighted by Crippen LogP contribution is -2.16. The molecule has 0 unspecified atom stereocenters. The Labute approximate surface area is 105 Å². The first-order valence-corrected chi connectivity index (χ1v) is 5.70. The largest absolute Gasteiger partial charge is 0.477 e. The van der Waals surface area contributed by atoms with E-state index < -0.39 is 11.9 Å². The molecule has 0 spiro atoms. The van der Waals surface area contributed by atoms with Gasteiger partial charge in [0.15, 0.2) is 5.13 Å². The quantitative estimate of drug-likeness (QED) is 0.630. The van der Waals surface area contributed by atoms with Crippen LogP contribution in [0.25, 0.3) is 0 Å². The predicted molar refractivity (Wildman–Crippen MR) is 64.4 cm³/mol. The van der Waals surface area contributed by atoms with E-state index in [9.17, 15) is 9.59 Å². The summed E-state index contributed by atoms with van der Waals surface area (Å²) in [5.74, 6) is -1.51. The van der Waals surface area contributed by atoms with Gasteiger partial charge in [0.1, 0.15) is 11.4 Å². The third kappa shape index (κ3) is 2.63. The van der Waals surface area contributed by atoms with E-state index in [1.165, 1.54) is 11.3 Å². The van der Waals surface area contributed by atoms with Gasteiger partial charge in [0, 0.05) is 5.38 Å². The molecule has 2 rings (SSSR count). The summed E-state index contributed by atoms with van der Waals surface area (Å²) in [6.07, 6.45) is 1.14. The number of aromatic amines is 1. The topological polar surface area (TPSA) is 134 Å². The van der Waals surface area contributed by atoms with E-state index in [-0.39, 0.29) is 17.8 Å². The fourth-order valence-electron chi connectivity index (χ4n) is 1.30.